The van der Waals surface area contributed by atoms with Crippen molar-refractivity contribution in [2.24, 2.45) is 0 Å². The van der Waals surface area contributed by atoms with Gasteiger partial charge in [0.25, 0.3) is 5.91 Å². The Labute approximate surface area is 189 Å². The van der Waals surface area contributed by atoms with Crippen LogP contribution in [0.1, 0.15) is 22.3 Å². The van der Waals surface area contributed by atoms with E-state index in [4.69, 9.17) is 37.4 Å². The molecule has 1 N–H and O–H groups in total. The molecule has 0 saturated carbocycles. The number of amides is 1. The lowest BCUT2D eigenvalue weighted by Crippen LogP contribution is -2.42. The zero-order chi connectivity index (χ0) is 21.5. The molecule has 160 valence electrons. The van der Waals surface area contributed by atoms with Crippen LogP contribution in [0.2, 0.25) is 10.0 Å². The summed E-state index contributed by atoms with van der Waals surface area (Å²) >= 11 is 13.9. The summed E-state index contributed by atoms with van der Waals surface area (Å²) in [6.07, 6.45) is 2.35. The van der Waals surface area contributed by atoms with Crippen molar-refractivity contribution in [3.63, 3.8) is 0 Å². The third-order valence-corrected chi connectivity index (χ3v) is 5.61. The van der Waals surface area contributed by atoms with E-state index in [0.717, 1.165) is 0 Å². The third kappa shape index (κ3) is 5.74. The molecule has 0 aliphatic carbocycles. The zero-order valence-corrected chi connectivity index (χ0v) is 18.6. The topological polar surface area (TPSA) is 73.9 Å². The summed E-state index contributed by atoms with van der Waals surface area (Å²) in [5, 5.41) is 3.43. The predicted octanol–water partition coefficient (Wildman–Crippen LogP) is 4.36. The van der Waals surface area contributed by atoms with Crippen molar-refractivity contribution < 1.29 is 23.8 Å². The van der Waals surface area contributed by atoms with E-state index in [1.54, 1.807) is 48.2 Å². The lowest BCUT2D eigenvalue weighted by atomic mass is 10.1. The molecular formula is C21H21Cl2NO5S. The van der Waals surface area contributed by atoms with E-state index >= 15 is 0 Å². The molecule has 3 rings (SSSR count). The fourth-order valence-electron chi connectivity index (χ4n) is 2.87. The number of ether oxygens (including phenoxy) is 3. The lowest BCUT2D eigenvalue weighted by Gasteiger charge is -2.21. The van der Waals surface area contributed by atoms with E-state index in [0.29, 0.717) is 58.1 Å². The highest BCUT2D eigenvalue weighted by molar-refractivity contribution is 7.98. The molecule has 30 heavy (non-hydrogen) atoms. The molecule has 0 bridgehead atoms. The number of carbonyl (C=O) groups excluding carboxylic acids is 2. The van der Waals surface area contributed by atoms with Gasteiger partial charge in [0.05, 0.1) is 15.6 Å². The number of esters is 1. The highest BCUT2D eigenvalue weighted by Gasteiger charge is 2.24. The summed E-state index contributed by atoms with van der Waals surface area (Å²) < 4.78 is 16.5. The van der Waals surface area contributed by atoms with Crippen LogP contribution in [0.4, 0.5) is 0 Å². The van der Waals surface area contributed by atoms with E-state index in [-0.39, 0.29) is 6.61 Å². The number of carbonyl (C=O) groups is 2. The van der Waals surface area contributed by atoms with Crippen LogP contribution in [-0.2, 0) is 16.1 Å². The molecule has 0 aromatic heterocycles. The maximum absolute atomic E-state index is 12.7. The van der Waals surface area contributed by atoms with Crippen molar-refractivity contribution in [1.29, 1.82) is 0 Å². The SMILES string of the molecule is CSCCC(NC(=O)c1ccccc1Cl)C(=O)OCc1cc(Cl)c2c(c1)OCCO2. The number of benzene rings is 2. The van der Waals surface area contributed by atoms with Crippen molar-refractivity contribution in [2.75, 3.05) is 25.2 Å². The average Bonchev–Trinajstić information content (AvgIpc) is 2.75. The van der Waals surface area contributed by atoms with Gasteiger partial charge in [0.2, 0.25) is 0 Å². The molecule has 2 aromatic rings. The smallest absolute Gasteiger partial charge is 0.329 e. The molecule has 1 atom stereocenters. The zero-order valence-electron chi connectivity index (χ0n) is 16.3. The van der Waals surface area contributed by atoms with Crippen LogP contribution < -0.4 is 14.8 Å². The molecule has 1 unspecified atom stereocenters. The van der Waals surface area contributed by atoms with Gasteiger partial charge in [-0.3, -0.25) is 4.79 Å². The first-order valence-corrected chi connectivity index (χ1v) is 11.4. The van der Waals surface area contributed by atoms with Gasteiger partial charge in [-0.25, -0.2) is 4.79 Å². The second-order valence-electron chi connectivity index (χ2n) is 6.50. The average molecular weight is 470 g/mol. The Hall–Kier alpha value is -2.09. The van der Waals surface area contributed by atoms with Crippen LogP contribution in [-0.4, -0.2) is 43.1 Å². The Balaban J connectivity index is 1.66. The van der Waals surface area contributed by atoms with Gasteiger partial charge in [-0.05, 0) is 48.3 Å². The van der Waals surface area contributed by atoms with Crippen molar-refractivity contribution in [3.05, 3.63) is 57.6 Å². The number of thioether (sulfide) groups is 1. The first kappa shape index (κ1) is 22.6. The standard InChI is InChI=1S/C21H21Cl2NO5S/c1-30-9-6-17(24-20(25)14-4-2-3-5-15(14)22)21(26)29-12-13-10-16(23)19-18(11-13)27-7-8-28-19/h2-5,10-11,17H,6-9,12H2,1H3,(H,24,25). The van der Waals surface area contributed by atoms with E-state index in [2.05, 4.69) is 5.32 Å². The monoisotopic (exact) mass is 469 g/mol. The highest BCUT2D eigenvalue weighted by Crippen LogP contribution is 2.38. The minimum Gasteiger partial charge on any atom is -0.486 e. The number of halogens is 2. The molecule has 0 fully saturated rings. The van der Waals surface area contributed by atoms with Gasteiger partial charge in [0.1, 0.15) is 25.9 Å². The number of rotatable bonds is 8. The van der Waals surface area contributed by atoms with Gasteiger partial charge in [0.15, 0.2) is 11.5 Å². The summed E-state index contributed by atoms with van der Waals surface area (Å²) in [4.78, 5) is 25.2. The largest absolute Gasteiger partial charge is 0.486 e. The summed E-state index contributed by atoms with van der Waals surface area (Å²) in [7, 11) is 0. The van der Waals surface area contributed by atoms with E-state index < -0.39 is 17.9 Å². The molecule has 1 aliphatic heterocycles. The first-order valence-electron chi connectivity index (χ1n) is 9.28. The molecule has 0 spiro atoms. The Bertz CT molecular complexity index is 924. The van der Waals surface area contributed by atoms with Crippen molar-refractivity contribution in [2.45, 2.75) is 19.1 Å². The minimum atomic E-state index is -0.797. The van der Waals surface area contributed by atoms with Crippen LogP contribution in [0, 0.1) is 0 Å². The van der Waals surface area contributed by atoms with Gasteiger partial charge < -0.3 is 19.5 Å². The summed E-state index contributed by atoms with van der Waals surface area (Å²) in [5.41, 5.74) is 0.971. The maximum Gasteiger partial charge on any atom is 0.329 e. The number of nitrogens with one attached hydrogen (secondary N) is 1. The highest BCUT2D eigenvalue weighted by atomic mass is 35.5. The van der Waals surface area contributed by atoms with Gasteiger partial charge >= 0.3 is 5.97 Å². The van der Waals surface area contributed by atoms with Crippen LogP contribution in [0.25, 0.3) is 0 Å². The molecule has 2 aromatic carbocycles. The maximum atomic E-state index is 12.7. The van der Waals surface area contributed by atoms with Gasteiger partial charge in [-0.2, -0.15) is 11.8 Å². The second kappa shape index (κ2) is 10.8. The fraction of sp³-hybridized carbons (Fsp3) is 0.333. The minimum absolute atomic E-state index is 0.00702. The Morgan fingerprint density at radius 2 is 1.93 bits per heavy atom. The molecule has 1 amide bonds. The van der Waals surface area contributed by atoms with Crippen molar-refractivity contribution in [3.8, 4) is 11.5 Å². The Kier molecular flexibility index (Phi) is 8.13. The molecular weight excluding hydrogens is 449 g/mol. The van der Waals surface area contributed by atoms with Crippen LogP contribution in [0.3, 0.4) is 0 Å². The molecule has 1 aliphatic rings. The molecule has 9 heteroatoms. The van der Waals surface area contributed by atoms with Crippen LogP contribution in [0.5, 0.6) is 11.5 Å². The quantitative estimate of drug-likeness (QED) is 0.578. The van der Waals surface area contributed by atoms with Crippen LogP contribution >= 0.6 is 35.0 Å². The first-order chi connectivity index (χ1) is 14.5. The van der Waals surface area contributed by atoms with E-state index in [9.17, 15) is 9.59 Å². The molecule has 0 radical (unpaired) electrons. The molecule has 0 saturated heterocycles. The van der Waals surface area contributed by atoms with E-state index in [1.807, 2.05) is 6.26 Å². The second-order valence-corrected chi connectivity index (χ2v) is 8.30. The third-order valence-electron chi connectivity index (χ3n) is 4.36. The van der Waals surface area contributed by atoms with Gasteiger partial charge in [0, 0.05) is 0 Å². The fourth-order valence-corrected chi connectivity index (χ4v) is 3.85. The number of fused-ring (bicyclic) bond motifs is 1. The Morgan fingerprint density at radius 1 is 1.17 bits per heavy atom. The van der Waals surface area contributed by atoms with Crippen molar-refractivity contribution in [1.82, 2.24) is 5.32 Å². The Morgan fingerprint density at radius 3 is 2.70 bits per heavy atom. The number of hydrogen-bond acceptors (Lipinski definition) is 6. The predicted molar refractivity (Wildman–Crippen MR) is 118 cm³/mol. The van der Waals surface area contributed by atoms with Gasteiger partial charge in [-0.1, -0.05) is 35.3 Å². The molecule has 6 nitrogen and oxygen atoms in total. The summed E-state index contributed by atoms with van der Waals surface area (Å²) in [6, 6.07) is 9.27. The number of hydrogen-bond donors (Lipinski definition) is 1. The molecule has 1 heterocycles. The van der Waals surface area contributed by atoms with Crippen LogP contribution in [0.15, 0.2) is 36.4 Å². The summed E-state index contributed by atoms with van der Waals surface area (Å²) in [5.74, 6) is 0.730. The normalized spacial score (nSPS) is 13.4. The van der Waals surface area contributed by atoms with Gasteiger partial charge in [-0.15, -0.1) is 0 Å². The van der Waals surface area contributed by atoms with E-state index in [1.165, 1.54) is 0 Å². The van der Waals surface area contributed by atoms with Crippen molar-refractivity contribution >= 4 is 46.8 Å². The lowest BCUT2D eigenvalue weighted by molar-refractivity contribution is -0.147. The summed E-state index contributed by atoms with van der Waals surface area (Å²) in [6.45, 7) is 0.855.